The van der Waals surface area contributed by atoms with E-state index in [9.17, 15) is 9.59 Å². The zero-order valence-electron chi connectivity index (χ0n) is 11.8. The number of carbonyl (C=O) groups is 2. The van der Waals surface area contributed by atoms with Gasteiger partial charge in [-0.3, -0.25) is 14.6 Å². The van der Waals surface area contributed by atoms with E-state index >= 15 is 0 Å². The van der Waals surface area contributed by atoms with Crippen LogP contribution in [-0.4, -0.2) is 22.5 Å². The lowest BCUT2D eigenvalue weighted by Crippen LogP contribution is -2.36. The Labute approximate surface area is 127 Å². The number of hydrogen-bond donors (Lipinski definition) is 1. The molecular formula is C16H14N4O2. The van der Waals surface area contributed by atoms with Crippen LogP contribution in [0.25, 0.3) is 0 Å². The molecular weight excluding hydrogens is 280 g/mol. The number of anilines is 2. The van der Waals surface area contributed by atoms with Gasteiger partial charge >= 0.3 is 0 Å². The standard InChI is InChI=1S/C16H14N4O2/c21-15-9-8-14(16(22)18-12-5-4-10-17-11-12)19-20(15)13-6-2-1-3-7-13/h1-7,10-11H,8-9H2,(H,18,22). The Bertz CT molecular complexity index is 713. The van der Waals surface area contributed by atoms with Crippen molar-refractivity contribution in [1.29, 1.82) is 0 Å². The number of hydrogen-bond acceptors (Lipinski definition) is 4. The first-order valence-corrected chi connectivity index (χ1v) is 6.91. The zero-order chi connectivity index (χ0) is 15.4. The zero-order valence-corrected chi connectivity index (χ0v) is 11.8. The largest absolute Gasteiger partial charge is 0.319 e. The average molecular weight is 294 g/mol. The van der Waals surface area contributed by atoms with Crippen molar-refractivity contribution in [3.8, 4) is 0 Å². The Morgan fingerprint density at radius 2 is 1.91 bits per heavy atom. The molecule has 0 saturated carbocycles. The summed E-state index contributed by atoms with van der Waals surface area (Å²) in [6, 6.07) is 12.5. The average Bonchev–Trinajstić information content (AvgIpc) is 2.57. The lowest BCUT2D eigenvalue weighted by Gasteiger charge is -2.23. The SMILES string of the molecule is O=C(Nc1cccnc1)C1=NN(c2ccccc2)C(=O)CC1. The molecule has 1 N–H and O–H groups in total. The molecule has 0 atom stereocenters. The van der Waals surface area contributed by atoms with Gasteiger partial charge in [-0.05, 0) is 24.3 Å². The van der Waals surface area contributed by atoms with Gasteiger partial charge < -0.3 is 5.32 Å². The van der Waals surface area contributed by atoms with Gasteiger partial charge in [-0.25, -0.2) is 5.01 Å². The van der Waals surface area contributed by atoms with Crippen LogP contribution in [0, 0.1) is 0 Å². The topological polar surface area (TPSA) is 74.7 Å². The van der Waals surface area contributed by atoms with E-state index in [2.05, 4.69) is 15.4 Å². The number of benzene rings is 1. The second-order valence-electron chi connectivity index (χ2n) is 4.78. The van der Waals surface area contributed by atoms with Gasteiger partial charge in [0.15, 0.2) is 0 Å². The fourth-order valence-corrected chi connectivity index (χ4v) is 2.13. The minimum absolute atomic E-state index is 0.121. The summed E-state index contributed by atoms with van der Waals surface area (Å²) in [5.41, 5.74) is 1.57. The van der Waals surface area contributed by atoms with Gasteiger partial charge in [-0.15, -0.1) is 0 Å². The van der Waals surface area contributed by atoms with E-state index in [0.29, 0.717) is 23.5 Å². The van der Waals surface area contributed by atoms with Crippen LogP contribution in [0.15, 0.2) is 60.0 Å². The number of carbonyl (C=O) groups excluding carboxylic acids is 2. The summed E-state index contributed by atoms with van der Waals surface area (Å²) in [5, 5.41) is 8.20. The quantitative estimate of drug-likeness (QED) is 0.943. The second kappa shape index (κ2) is 6.17. The molecule has 0 saturated heterocycles. The summed E-state index contributed by atoms with van der Waals surface area (Å²) >= 11 is 0. The lowest BCUT2D eigenvalue weighted by atomic mass is 10.1. The number of rotatable bonds is 3. The molecule has 2 amide bonds. The normalized spacial score (nSPS) is 14.5. The van der Waals surface area contributed by atoms with Crippen molar-refractivity contribution >= 4 is 28.9 Å². The van der Waals surface area contributed by atoms with Crippen LogP contribution in [0.5, 0.6) is 0 Å². The van der Waals surface area contributed by atoms with E-state index in [4.69, 9.17) is 0 Å². The number of nitrogens with zero attached hydrogens (tertiary/aromatic N) is 3. The third-order valence-electron chi connectivity index (χ3n) is 3.21. The van der Waals surface area contributed by atoms with E-state index in [1.807, 2.05) is 18.2 Å². The minimum Gasteiger partial charge on any atom is -0.319 e. The van der Waals surface area contributed by atoms with Crippen molar-refractivity contribution in [2.45, 2.75) is 12.8 Å². The molecule has 110 valence electrons. The third-order valence-corrected chi connectivity index (χ3v) is 3.21. The number of pyridine rings is 1. The molecule has 1 aliphatic heterocycles. The molecule has 1 aliphatic rings. The second-order valence-corrected chi connectivity index (χ2v) is 4.78. The van der Waals surface area contributed by atoms with Gasteiger partial charge in [-0.2, -0.15) is 5.10 Å². The van der Waals surface area contributed by atoms with Crippen molar-refractivity contribution in [2.75, 3.05) is 10.3 Å². The first-order chi connectivity index (χ1) is 10.7. The highest BCUT2D eigenvalue weighted by molar-refractivity contribution is 6.44. The Kier molecular flexibility index (Phi) is 3.91. The Hall–Kier alpha value is -3.02. The molecule has 22 heavy (non-hydrogen) atoms. The summed E-state index contributed by atoms with van der Waals surface area (Å²) < 4.78 is 0. The molecule has 2 heterocycles. The molecule has 0 spiro atoms. The van der Waals surface area contributed by atoms with E-state index in [1.54, 1.807) is 36.7 Å². The van der Waals surface area contributed by atoms with Crippen LogP contribution in [0.1, 0.15) is 12.8 Å². The van der Waals surface area contributed by atoms with Crippen LogP contribution < -0.4 is 10.3 Å². The van der Waals surface area contributed by atoms with E-state index in [-0.39, 0.29) is 18.2 Å². The van der Waals surface area contributed by atoms with E-state index < -0.39 is 0 Å². The fraction of sp³-hybridized carbons (Fsp3) is 0.125. The molecule has 1 aromatic carbocycles. The van der Waals surface area contributed by atoms with Crippen molar-refractivity contribution < 1.29 is 9.59 Å². The molecule has 0 unspecified atom stereocenters. The van der Waals surface area contributed by atoms with Gasteiger partial charge in [0.2, 0.25) is 5.91 Å². The predicted octanol–water partition coefficient (Wildman–Crippen LogP) is 2.20. The van der Waals surface area contributed by atoms with E-state index in [0.717, 1.165) is 0 Å². The molecule has 0 aliphatic carbocycles. The van der Waals surface area contributed by atoms with Gasteiger partial charge in [0.25, 0.3) is 5.91 Å². The summed E-state index contributed by atoms with van der Waals surface area (Å²) in [5.74, 6) is -0.439. The Morgan fingerprint density at radius 3 is 2.64 bits per heavy atom. The number of amides is 2. The maximum atomic E-state index is 12.2. The van der Waals surface area contributed by atoms with Crippen LogP contribution in [-0.2, 0) is 9.59 Å². The number of nitrogens with one attached hydrogen (secondary N) is 1. The molecule has 6 heteroatoms. The van der Waals surface area contributed by atoms with Crippen LogP contribution in [0.3, 0.4) is 0 Å². The van der Waals surface area contributed by atoms with Crippen molar-refractivity contribution in [2.24, 2.45) is 5.10 Å². The number of para-hydroxylation sites is 1. The molecule has 0 radical (unpaired) electrons. The molecule has 0 fully saturated rings. The summed E-state index contributed by atoms with van der Waals surface area (Å²) in [6.07, 6.45) is 3.77. The summed E-state index contributed by atoms with van der Waals surface area (Å²) in [7, 11) is 0. The first-order valence-electron chi connectivity index (χ1n) is 6.91. The molecule has 2 aromatic rings. The van der Waals surface area contributed by atoms with Crippen molar-refractivity contribution in [3.63, 3.8) is 0 Å². The lowest BCUT2D eigenvalue weighted by molar-refractivity contribution is -0.118. The maximum absolute atomic E-state index is 12.2. The summed E-state index contributed by atoms with van der Waals surface area (Å²) in [4.78, 5) is 28.2. The number of aromatic nitrogens is 1. The van der Waals surface area contributed by atoms with Gasteiger partial charge in [0.05, 0.1) is 17.6 Å². The Balaban J connectivity index is 1.81. The maximum Gasteiger partial charge on any atom is 0.271 e. The van der Waals surface area contributed by atoms with E-state index in [1.165, 1.54) is 5.01 Å². The summed E-state index contributed by atoms with van der Waals surface area (Å²) in [6.45, 7) is 0. The molecule has 1 aromatic heterocycles. The van der Waals surface area contributed by atoms with Crippen molar-refractivity contribution in [3.05, 3.63) is 54.9 Å². The highest BCUT2D eigenvalue weighted by atomic mass is 16.2. The predicted molar refractivity (Wildman–Crippen MR) is 83.5 cm³/mol. The fourth-order valence-electron chi connectivity index (χ4n) is 2.13. The molecule has 0 bridgehead atoms. The van der Waals surface area contributed by atoms with Crippen LogP contribution in [0.4, 0.5) is 11.4 Å². The smallest absolute Gasteiger partial charge is 0.271 e. The van der Waals surface area contributed by atoms with Gasteiger partial charge in [-0.1, -0.05) is 18.2 Å². The van der Waals surface area contributed by atoms with Gasteiger partial charge in [0.1, 0.15) is 5.71 Å². The molecule has 6 nitrogen and oxygen atoms in total. The third kappa shape index (κ3) is 3.01. The van der Waals surface area contributed by atoms with Crippen LogP contribution >= 0.6 is 0 Å². The van der Waals surface area contributed by atoms with Crippen molar-refractivity contribution in [1.82, 2.24) is 4.98 Å². The minimum atomic E-state index is -0.318. The number of hydrazone groups is 1. The monoisotopic (exact) mass is 294 g/mol. The van der Waals surface area contributed by atoms with Crippen LogP contribution in [0.2, 0.25) is 0 Å². The Morgan fingerprint density at radius 1 is 1.09 bits per heavy atom. The molecule has 3 rings (SSSR count). The van der Waals surface area contributed by atoms with Gasteiger partial charge in [0, 0.05) is 19.0 Å². The highest BCUT2D eigenvalue weighted by Gasteiger charge is 2.25. The first kappa shape index (κ1) is 13.9. The highest BCUT2D eigenvalue weighted by Crippen LogP contribution is 2.20.